The molecule has 0 bridgehead atoms. The summed E-state index contributed by atoms with van der Waals surface area (Å²) in [5, 5.41) is 14.2. The molecule has 10 heteroatoms. The highest BCUT2D eigenvalue weighted by Gasteiger charge is 2.22. The Hall–Kier alpha value is -10.8. The summed E-state index contributed by atoms with van der Waals surface area (Å²) in [6.07, 6.45) is 1.97. The lowest BCUT2D eigenvalue weighted by Crippen LogP contribution is -2.04. The topological polar surface area (TPSA) is 124 Å². The van der Waals surface area contributed by atoms with Crippen molar-refractivity contribution in [3.63, 3.8) is 0 Å². The van der Waals surface area contributed by atoms with Gasteiger partial charge in [-0.2, -0.15) is 5.26 Å². The van der Waals surface area contributed by atoms with E-state index in [0.717, 1.165) is 93.8 Å². The van der Waals surface area contributed by atoms with E-state index >= 15 is 0 Å². The average Bonchev–Trinajstić information content (AvgIpc) is 4.09. The molecule has 0 amide bonds. The predicted octanol–water partition coefficient (Wildman–Crippen LogP) is 15.2. The van der Waals surface area contributed by atoms with E-state index < -0.39 is 0 Å². The highest BCUT2D eigenvalue weighted by molar-refractivity contribution is 6.12. The van der Waals surface area contributed by atoms with Crippen LogP contribution in [0.3, 0.4) is 0 Å². The summed E-state index contributed by atoms with van der Waals surface area (Å²) in [5.41, 5.74) is 12.4. The highest BCUT2D eigenvalue weighted by Crippen LogP contribution is 2.41. The van der Waals surface area contributed by atoms with Crippen LogP contribution in [0.4, 0.5) is 0 Å². The van der Waals surface area contributed by atoms with E-state index in [0.29, 0.717) is 46.3 Å². The summed E-state index contributed by atoms with van der Waals surface area (Å²) in [4.78, 5) is 35.8. The summed E-state index contributed by atoms with van der Waals surface area (Å²) >= 11 is 0. The quantitative estimate of drug-likeness (QED) is 0.140. The molecule has 0 aliphatic carbocycles. The van der Waals surface area contributed by atoms with Crippen LogP contribution < -0.4 is 0 Å². The SMILES string of the molecule is N#Cc1ccc(-c2cc(-n3c4ccccc4c4ccc(-c5nc(-c6ccccc6)nc(-c6ccccc6)n5)cc43)ncc2-n2c3ccccc3c3ccc(-c4nc(-c5ccccc5)nc(-c5ccccc5)n4)cc32)cc1. The Labute approximate surface area is 436 Å². The van der Waals surface area contributed by atoms with Gasteiger partial charge in [-0.3, -0.25) is 4.57 Å². The second kappa shape index (κ2) is 18.4. The first kappa shape index (κ1) is 44.0. The normalized spacial score (nSPS) is 11.4. The van der Waals surface area contributed by atoms with E-state index in [-0.39, 0.29) is 0 Å². The number of hydrogen-bond donors (Lipinski definition) is 0. The Morgan fingerprint density at radius 3 is 1.09 bits per heavy atom. The fourth-order valence-corrected chi connectivity index (χ4v) is 10.3. The fraction of sp³-hybridized carbons (Fsp3) is 0. The van der Waals surface area contributed by atoms with Gasteiger partial charge in [-0.05, 0) is 48.0 Å². The minimum atomic E-state index is 0.558. The molecule has 0 unspecified atom stereocenters. The van der Waals surface area contributed by atoms with E-state index in [1.165, 1.54) is 0 Å². The molecule has 0 saturated heterocycles. The fourth-order valence-electron chi connectivity index (χ4n) is 10.3. The van der Waals surface area contributed by atoms with Crippen molar-refractivity contribution in [2.24, 2.45) is 0 Å². The molecule has 0 saturated carbocycles. The highest BCUT2D eigenvalue weighted by atomic mass is 15.1. The molecule has 354 valence electrons. The number of nitrogens with zero attached hydrogens (tertiary/aromatic N) is 10. The van der Waals surface area contributed by atoms with Crippen LogP contribution in [0.25, 0.3) is 135 Å². The molecule has 9 aromatic carbocycles. The number of fused-ring (bicyclic) bond motifs is 6. The van der Waals surface area contributed by atoms with Gasteiger partial charge in [0.1, 0.15) is 5.82 Å². The number of nitriles is 1. The van der Waals surface area contributed by atoms with Gasteiger partial charge in [-0.1, -0.05) is 194 Å². The monoisotopic (exact) mass is 972 g/mol. The van der Waals surface area contributed by atoms with E-state index in [1.54, 1.807) is 0 Å². The Morgan fingerprint density at radius 1 is 0.303 bits per heavy atom. The summed E-state index contributed by atoms with van der Waals surface area (Å²) in [5.74, 6) is 4.19. The van der Waals surface area contributed by atoms with E-state index in [4.69, 9.17) is 34.9 Å². The van der Waals surface area contributed by atoms with Crippen LogP contribution >= 0.6 is 0 Å². The van der Waals surface area contributed by atoms with Crippen molar-refractivity contribution in [2.45, 2.75) is 0 Å². The van der Waals surface area contributed by atoms with Gasteiger partial charge >= 0.3 is 0 Å². The molecular weight excluding hydrogens is 933 g/mol. The van der Waals surface area contributed by atoms with Crippen molar-refractivity contribution in [1.29, 1.82) is 5.26 Å². The third-order valence-electron chi connectivity index (χ3n) is 13.9. The Bertz CT molecular complexity index is 4450. The van der Waals surface area contributed by atoms with Gasteiger partial charge in [-0.15, -0.1) is 0 Å². The minimum absolute atomic E-state index is 0.558. The molecule has 14 rings (SSSR count). The van der Waals surface area contributed by atoms with Crippen molar-refractivity contribution in [3.05, 3.63) is 248 Å². The van der Waals surface area contributed by atoms with E-state index in [2.05, 4.69) is 106 Å². The molecule has 0 fully saturated rings. The lowest BCUT2D eigenvalue weighted by atomic mass is 10.0. The molecule has 5 heterocycles. The van der Waals surface area contributed by atoms with Crippen molar-refractivity contribution >= 4 is 43.6 Å². The van der Waals surface area contributed by atoms with Crippen LogP contribution in [-0.4, -0.2) is 44.0 Å². The second-order valence-electron chi connectivity index (χ2n) is 18.5. The van der Waals surface area contributed by atoms with Gasteiger partial charge in [0.2, 0.25) is 0 Å². The van der Waals surface area contributed by atoms with Crippen LogP contribution in [0.2, 0.25) is 0 Å². The first-order valence-electron chi connectivity index (χ1n) is 24.9. The molecule has 0 aliphatic rings. The summed E-state index contributed by atoms with van der Waals surface area (Å²) in [7, 11) is 0. The number of aromatic nitrogens is 9. The van der Waals surface area contributed by atoms with Crippen molar-refractivity contribution < 1.29 is 0 Å². The number of hydrogen-bond acceptors (Lipinski definition) is 8. The van der Waals surface area contributed by atoms with Gasteiger partial charge in [0.25, 0.3) is 0 Å². The Kier molecular flexibility index (Phi) is 10.6. The van der Waals surface area contributed by atoms with Crippen LogP contribution in [0.15, 0.2) is 243 Å². The maximum atomic E-state index is 9.95. The number of para-hydroxylation sites is 2. The zero-order valence-electron chi connectivity index (χ0n) is 40.6. The zero-order valence-corrected chi connectivity index (χ0v) is 40.6. The van der Waals surface area contributed by atoms with Crippen molar-refractivity contribution in [2.75, 3.05) is 0 Å². The first-order chi connectivity index (χ1) is 37.6. The lowest BCUT2D eigenvalue weighted by molar-refractivity contribution is 1.05. The molecule has 76 heavy (non-hydrogen) atoms. The maximum Gasteiger partial charge on any atom is 0.164 e. The summed E-state index contributed by atoms with van der Waals surface area (Å²) < 4.78 is 4.51. The molecule has 10 nitrogen and oxygen atoms in total. The first-order valence-corrected chi connectivity index (χ1v) is 24.9. The number of pyridine rings is 1. The largest absolute Gasteiger partial charge is 0.307 e. The number of benzene rings is 9. The van der Waals surface area contributed by atoms with Crippen LogP contribution in [0.5, 0.6) is 0 Å². The average molecular weight is 973 g/mol. The zero-order chi connectivity index (χ0) is 50.5. The second-order valence-corrected chi connectivity index (χ2v) is 18.5. The number of rotatable bonds is 9. The summed E-state index contributed by atoms with van der Waals surface area (Å²) in [6.45, 7) is 0. The van der Waals surface area contributed by atoms with Crippen molar-refractivity contribution in [1.82, 2.24) is 44.0 Å². The third-order valence-corrected chi connectivity index (χ3v) is 13.9. The molecule has 0 spiro atoms. The van der Waals surface area contributed by atoms with Gasteiger partial charge in [0, 0.05) is 60.5 Å². The molecule has 0 aliphatic heterocycles. The molecule has 0 radical (unpaired) electrons. The summed E-state index contributed by atoms with van der Waals surface area (Å²) in [6, 6.07) is 82.0. The molecule has 5 aromatic heterocycles. The van der Waals surface area contributed by atoms with Gasteiger partial charge in [-0.25, -0.2) is 34.9 Å². The Morgan fingerprint density at radius 2 is 0.658 bits per heavy atom. The van der Waals surface area contributed by atoms with Crippen LogP contribution in [0, 0.1) is 11.3 Å². The van der Waals surface area contributed by atoms with Crippen LogP contribution in [-0.2, 0) is 0 Å². The van der Waals surface area contributed by atoms with Gasteiger partial charge < -0.3 is 4.57 Å². The minimum Gasteiger partial charge on any atom is -0.307 e. The molecule has 0 N–H and O–H groups in total. The van der Waals surface area contributed by atoms with Gasteiger partial charge in [0.15, 0.2) is 34.9 Å². The molecular formula is C66H40N10. The van der Waals surface area contributed by atoms with Crippen LogP contribution in [0.1, 0.15) is 5.56 Å². The maximum absolute atomic E-state index is 9.95. The van der Waals surface area contributed by atoms with E-state index in [9.17, 15) is 5.26 Å². The standard InChI is InChI=1S/C66H40N10/c67-40-42-29-31-43(32-30-42)54-39-60(76-56-28-16-14-26-51(56)53-36-34-49(38-58(53)76)66-73-63(46-21-9-3-10-22-46)70-64(74-66)47-23-11-4-12-24-47)68-41-59(54)75-55-27-15-13-25-50(55)52-35-33-48(37-57(52)75)65-71-61(44-17-5-1-6-18-44)69-62(72-65)45-19-7-2-8-20-45/h1-39,41H. The van der Waals surface area contributed by atoms with Crippen molar-refractivity contribution in [3.8, 4) is 97.0 Å². The lowest BCUT2D eigenvalue weighted by Gasteiger charge is -2.17. The van der Waals surface area contributed by atoms with E-state index in [1.807, 2.05) is 152 Å². The smallest absolute Gasteiger partial charge is 0.164 e. The molecule has 0 atom stereocenters. The Balaban J connectivity index is 0.979. The third kappa shape index (κ3) is 7.71. The predicted molar refractivity (Wildman–Crippen MR) is 302 cm³/mol. The molecule has 14 aromatic rings. The van der Waals surface area contributed by atoms with Gasteiger partial charge in [0.05, 0.1) is 45.6 Å².